The fraction of sp³-hybridized carbons (Fsp3) is 0.182. The van der Waals surface area contributed by atoms with Gasteiger partial charge in [0.05, 0.1) is 17.4 Å². The zero-order chi connectivity index (χ0) is 22.9. The van der Waals surface area contributed by atoms with Gasteiger partial charge in [0.2, 0.25) is 0 Å². The van der Waals surface area contributed by atoms with E-state index in [9.17, 15) is 18.0 Å². The lowest BCUT2D eigenvalue weighted by molar-refractivity contribution is -0.137. The lowest BCUT2D eigenvalue weighted by atomic mass is 10.2. The molecular weight excluding hydrogens is 421 g/mol. The molecule has 0 saturated heterocycles. The van der Waals surface area contributed by atoms with Crippen LogP contribution in [-0.4, -0.2) is 32.5 Å². The van der Waals surface area contributed by atoms with Crippen molar-refractivity contribution in [3.8, 4) is 0 Å². The Balaban J connectivity index is 1.77. The summed E-state index contributed by atoms with van der Waals surface area (Å²) in [5, 5.41) is 5.94. The molecule has 1 amide bonds. The summed E-state index contributed by atoms with van der Waals surface area (Å²) in [5.74, 6) is 0.170. The lowest BCUT2D eigenvalue weighted by Gasteiger charge is -2.13. The Morgan fingerprint density at radius 2 is 1.84 bits per heavy atom. The number of aryl methyl sites for hydroxylation is 1. The Morgan fingerprint density at radius 1 is 1.09 bits per heavy atom. The van der Waals surface area contributed by atoms with Gasteiger partial charge in [-0.1, -0.05) is 0 Å². The number of fused-ring (bicyclic) bond motifs is 1. The van der Waals surface area contributed by atoms with Crippen LogP contribution in [0.1, 0.15) is 27.2 Å². The van der Waals surface area contributed by atoms with Crippen LogP contribution in [-0.2, 0) is 12.7 Å². The highest BCUT2D eigenvalue weighted by Crippen LogP contribution is 2.32. The highest BCUT2D eigenvalue weighted by Gasteiger charge is 2.32. The van der Waals surface area contributed by atoms with Crippen molar-refractivity contribution in [1.82, 2.24) is 19.5 Å². The minimum atomic E-state index is -4.53. The van der Waals surface area contributed by atoms with E-state index < -0.39 is 17.6 Å². The highest BCUT2D eigenvalue weighted by atomic mass is 19.4. The van der Waals surface area contributed by atoms with Crippen molar-refractivity contribution < 1.29 is 18.0 Å². The summed E-state index contributed by atoms with van der Waals surface area (Å²) >= 11 is 0. The molecule has 0 aromatic carbocycles. The van der Waals surface area contributed by atoms with Crippen LogP contribution in [0, 0.1) is 6.92 Å². The maximum absolute atomic E-state index is 13.2. The van der Waals surface area contributed by atoms with Crippen molar-refractivity contribution in [2.24, 2.45) is 0 Å². The molecule has 0 radical (unpaired) electrons. The molecule has 32 heavy (non-hydrogen) atoms. The fourth-order valence-electron chi connectivity index (χ4n) is 3.33. The molecular formula is C22H19F3N6O. The Kier molecular flexibility index (Phi) is 5.52. The molecule has 0 aliphatic rings. The molecule has 4 heterocycles. The molecule has 4 aromatic heterocycles. The van der Waals surface area contributed by atoms with Crippen LogP contribution < -0.4 is 10.6 Å². The van der Waals surface area contributed by atoms with Crippen LogP contribution in [0.3, 0.4) is 0 Å². The summed E-state index contributed by atoms with van der Waals surface area (Å²) in [6, 6.07) is 7.72. The minimum absolute atomic E-state index is 0.181. The first-order valence-corrected chi connectivity index (χ1v) is 9.67. The van der Waals surface area contributed by atoms with Gasteiger partial charge < -0.3 is 15.2 Å². The molecule has 0 spiro atoms. The Labute approximate surface area is 181 Å². The van der Waals surface area contributed by atoms with E-state index >= 15 is 0 Å². The average molecular weight is 440 g/mol. The molecule has 164 valence electrons. The van der Waals surface area contributed by atoms with Crippen LogP contribution in [0.5, 0.6) is 0 Å². The summed E-state index contributed by atoms with van der Waals surface area (Å²) in [6.07, 6.45) is 0.976. The summed E-state index contributed by atoms with van der Waals surface area (Å²) in [6.45, 7) is 2.06. The van der Waals surface area contributed by atoms with E-state index in [2.05, 4.69) is 25.6 Å². The average Bonchev–Trinajstić information content (AvgIpc) is 3.13. The number of amides is 1. The van der Waals surface area contributed by atoms with Crippen molar-refractivity contribution in [2.45, 2.75) is 19.6 Å². The fourth-order valence-corrected chi connectivity index (χ4v) is 3.33. The van der Waals surface area contributed by atoms with Gasteiger partial charge in [-0.25, -0.2) is 9.97 Å². The second-order valence-corrected chi connectivity index (χ2v) is 7.19. The molecule has 10 heteroatoms. The molecule has 0 saturated carbocycles. The predicted octanol–water partition coefficient (Wildman–Crippen LogP) is 4.50. The normalized spacial score (nSPS) is 11.5. The SMILES string of the molecule is CNc1cc(C)c(NC(=O)c2cc3cc(C(F)(F)F)cnc3n2Cc2ccncc2)cn1. The van der Waals surface area contributed by atoms with Crippen molar-refractivity contribution in [2.75, 3.05) is 17.7 Å². The van der Waals surface area contributed by atoms with E-state index in [0.717, 1.165) is 23.4 Å². The monoisotopic (exact) mass is 440 g/mol. The van der Waals surface area contributed by atoms with Gasteiger partial charge in [0, 0.05) is 37.6 Å². The quantitative estimate of drug-likeness (QED) is 0.478. The largest absolute Gasteiger partial charge is 0.417 e. The number of hydrogen-bond donors (Lipinski definition) is 2. The number of rotatable bonds is 5. The molecule has 4 rings (SSSR count). The Bertz CT molecular complexity index is 1280. The van der Waals surface area contributed by atoms with Gasteiger partial charge in [-0.05, 0) is 48.4 Å². The van der Waals surface area contributed by atoms with E-state index in [4.69, 9.17) is 0 Å². The molecule has 0 fully saturated rings. The van der Waals surface area contributed by atoms with Gasteiger partial charge in [0.25, 0.3) is 5.91 Å². The summed E-state index contributed by atoms with van der Waals surface area (Å²) in [7, 11) is 1.74. The summed E-state index contributed by atoms with van der Waals surface area (Å²) in [4.78, 5) is 25.3. The molecule has 7 nitrogen and oxygen atoms in total. The van der Waals surface area contributed by atoms with Gasteiger partial charge in [-0.3, -0.25) is 9.78 Å². The maximum Gasteiger partial charge on any atom is 0.417 e. The Morgan fingerprint density at radius 3 is 2.50 bits per heavy atom. The summed E-state index contributed by atoms with van der Waals surface area (Å²) in [5.41, 5.74) is 1.69. The van der Waals surface area contributed by atoms with E-state index in [1.54, 1.807) is 42.2 Å². The van der Waals surface area contributed by atoms with E-state index in [1.165, 1.54) is 12.3 Å². The van der Waals surface area contributed by atoms with E-state index in [0.29, 0.717) is 11.5 Å². The zero-order valence-corrected chi connectivity index (χ0v) is 17.2. The number of nitrogens with one attached hydrogen (secondary N) is 2. The standard InChI is InChI=1S/C22H19F3N6O/c1-13-7-19(26-2)28-11-17(13)30-21(32)18-9-15-8-16(22(23,24)25)10-29-20(15)31(18)12-14-3-5-27-6-4-14/h3-11H,12H2,1-2H3,(H,26,28)(H,30,32). The van der Waals surface area contributed by atoms with Gasteiger partial charge in [-0.15, -0.1) is 0 Å². The third kappa shape index (κ3) is 4.25. The predicted molar refractivity (Wildman–Crippen MR) is 115 cm³/mol. The van der Waals surface area contributed by atoms with Crippen LogP contribution in [0.4, 0.5) is 24.7 Å². The minimum Gasteiger partial charge on any atom is -0.373 e. The first-order valence-electron chi connectivity index (χ1n) is 9.67. The number of halogens is 3. The molecule has 0 aliphatic heterocycles. The van der Waals surface area contributed by atoms with Gasteiger partial charge in [0.15, 0.2) is 0 Å². The van der Waals surface area contributed by atoms with Crippen molar-refractivity contribution in [1.29, 1.82) is 0 Å². The van der Waals surface area contributed by atoms with Gasteiger partial charge >= 0.3 is 6.18 Å². The van der Waals surface area contributed by atoms with Crippen LogP contribution in [0.2, 0.25) is 0 Å². The maximum atomic E-state index is 13.2. The van der Waals surface area contributed by atoms with Gasteiger partial charge in [0.1, 0.15) is 17.2 Å². The molecule has 0 atom stereocenters. The Hall–Kier alpha value is -3.95. The van der Waals surface area contributed by atoms with Crippen molar-refractivity contribution in [3.05, 3.63) is 77.5 Å². The number of anilines is 2. The highest BCUT2D eigenvalue weighted by molar-refractivity contribution is 6.06. The van der Waals surface area contributed by atoms with Crippen molar-refractivity contribution >= 4 is 28.4 Å². The smallest absolute Gasteiger partial charge is 0.373 e. The van der Waals surface area contributed by atoms with Crippen LogP contribution in [0.25, 0.3) is 11.0 Å². The molecule has 4 aromatic rings. The zero-order valence-electron chi connectivity index (χ0n) is 17.2. The lowest BCUT2D eigenvalue weighted by Crippen LogP contribution is -2.18. The first-order chi connectivity index (χ1) is 15.3. The summed E-state index contributed by atoms with van der Waals surface area (Å²) < 4.78 is 41.1. The molecule has 0 bridgehead atoms. The third-order valence-corrected chi connectivity index (χ3v) is 5.00. The van der Waals surface area contributed by atoms with E-state index in [-0.39, 0.29) is 23.3 Å². The topological polar surface area (TPSA) is 84.7 Å². The third-order valence-electron chi connectivity index (χ3n) is 5.00. The number of aromatic nitrogens is 4. The first kappa shape index (κ1) is 21.3. The molecule has 0 unspecified atom stereocenters. The van der Waals surface area contributed by atoms with Gasteiger partial charge in [-0.2, -0.15) is 13.2 Å². The second kappa shape index (κ2) is 8.29. The number of carbonyl (C=O) groups excluding carboxylic acids is 1. The number of hydrogen-bond acceptors (Lipinski definition) is 5. The number of alkyl halides is 3. The van der Waals surface area contributed by atoms with Crippen molar-refractivity contribution in [3.63, 3.8) is 0 Å². The van der Waals surface area contributed by atoms with Crippen LogP contribution in [0.15, 0.2) is 55.1 Å². The number of nitrogens with zero attached hydrogens (tertiary/aromatic N) is 4. The molecule has 2 N–H and O–H groups in total. The number of carbonyl (C=O) groups is 1. The number of pyridine rings is 3. The van der Waals surface area contributed by atoms with E-state index in [1.807, 2.05) is 6.92 Å². The van der Waals surface area contributed by atoms with Crippen LogP contribution >= 0.6 is 0 Å². The molecule has 0 aliphatic carbocycles. The second-order valence-electron chi connectivity index (χ2n) is 7.19.